The van der Waals surface area contributed by atoms with E-state index in [9.17, 15) is 4.39 Å². The molecule has 1 aliphatic heterocycles. The van der Waals surface area contributed by atoms with Crippen LogP contribution in [-0.4, -0.2) is 20.2 Å². The minimum Gasteiger partial charge on any atom is -0.323 e. The normalized spacial score (nSPS) is 16.4. The Balaban J connectivity index is 1.81. The number of benzene rings is 2. The van der Waals surface area contributed by atoms with Crippen LogP contribution in [0.2, 0.25) is 0 Å². The maximum Gasteiger partial charge on any atom is 0.248 e. The summed E-state index contributed by atoms with van der Waals surface area (Å²) in [5, 5.41) is 15.0. The molecule has 3 aromatic rings. The van der Waals surface area contributed by atoms with Gasteiger partial charge in [-0.1, -0.05) is 47.1 Å². The molecule has 5 nitrogen and oxygen atoms in total. The lowest BCUT2D eigenvalue weighted by Crippen LogP contribution is -2.20. The zero-order valence-electron chi connectivity index (χ0n) is 12.4. The summed E-state index contributed by atoms with van der Waals surface area (Å²) in [5.41, 5.74) is 3.93. The molecule has 0 saturated heterocycles. The Labute approximate surface area is 132 Å². The largest absolute Gasteiger partial charge is 0.323 e. The number of anilines is 1. The summed E-state index contributed by atoms with van der Waals surface area (Å²) in [5.74, 6) is 0.262. The fourth-order valence-electron chi connectivity index (χ4n) is 2.68. The molecule has 114 valence electrons. The third kappa shape index (κ3) is 2.48. The fraction of sp³-hybridized carbons (Fsp3) is 0.118. The number of allylic oxidation sites excluding steroid dienone is 1. The Hall–Kier alpha value is -3.02. The number of tetrazole rings is 1. The average molecular weight is 307 g/mol. The van der Waals surface area contributed by atoms with Crippen molar-refractivity contribution in [1.29, 1.82) is 0 Å². The van der Waals surface area contributed by atoms with E-state index in [4.69, 9.17) is 0 Å². The summed E-state index contributed by atoms with van der Waals surface area (Å²) in [6.07, 6.45) is 2.00. The number of fused-ring (bicyclic) bond motifs is 1. The van der Waals surface area contributed by atoms with E-state index in [0.29, 0.717) is 5.95 Å². The van der Waals surface area contributed by atoms with Crippen molar-refractivity contribution in [2.24, 2.45) is 0 Å². The summed E-state index contributed by atoms with van der Waals surface area (Å²) in [6.45, 7) is 2.04. The van der Waals surface area contributed by atoms with E-state index < -0.39 is 0 Å². The lowest BCUT2D eigenvalue weighted by molar-refractivity contribution is 0.576. The maximum absolute atomic E-state index is 13.6. The van der Waals surface area contributed by atoms with Gasteiger partial charge in [-0.2, -0.15) is 4.68 Å². The smallest absolute Gasteiger partial charge is 0.248 e. The second kappa shape index (κ2) is 5.31. The molecule has 1 aromatic heterocycles. The van der Waals surface area contributed by atoms with Crippen molar-refractivity contribution in [1.82, 2.24) is 20.2 Å². The van der Waals surface area contributed by atoms with Gasteiger partial charge in [-0.25, -0.2) is 4.39 Å². The number of hydrogen-bond donors (Lipinski definition) is 1. The van der Waals surface area contributed by atoms with Gasteiger partial charge in [0, 0.05) is 5.70 Å². The molecule has 0 aliphatic carbocycles. The highest BCUT2D eigenvalue weighted by atomic mass is 19.1. The molecular formula is C17H14FN5. The number of hydrogen-bond acceptors (Lipinski definition) is 4. The molecule has 0 amide bonds. The third-order valence-electron chi connectivity index (χ3n) is 3.88. The first-order valence-corrected chi connectivity index (χ1v) is 7.30. The van der Waals surface area contributed by atoms with Crippen LogP contribution in [0.15, 0.2) is 54.6 Å². The SMILES string of the molecule is Cc1ccc(C2=C[C@H](c3cccc(F)c3)n3nnnc3N2)cc1. The van der Waals surface area contributed by atoms with Gasteiger partial charge in [-0.3, -0.25) is 0 Å². The molecule has 1 N–H and O–H groups in total. The molecule has 1 atom stereocenters. The molecule has 0 spiro atoms. The van der Waals surface area contributed by atoms with Crippen LogP contribution < -0.4 is 5.32 Å². The number of rotatable bonds is 2. The van der Waals surface area contributed by atoms with Gasteiger partial charge >= 0.3 is 0 Å². The predicted molar refractivity (Wildman–Crippen MR) is 85.1 cm³/mol. The summed E-state index contributed by atoms with van der Waals surface area (Å²) >= 11 is 0. The molecule has 4 rings (SSSR count). The molecule has 0 radical (unpaired) electrons. The van der Waals surface area contributed by atoms with E-state index in [2.05, 4.69) is 20.8 Å². The van der Waals surface area contributed by atoms with Crippen LogP contribution in [0.4, 0.5) is 10.3 Å². The van der Waals surface area contributed by atoms with Gasteiger partial charge in [0.1, 0.15) is 11.9 Å². The van der Waals surface area contributed by atoms with E-state index in [0.717, 1.165) is 16.8 Å². The first kappa shape index (κ1) is 13.6. The number of halogens is 1. The number of nitrogens with zero attached hydrogens (tertiary/aromatic N) is 4. The monoisotopic (exact) mass is 307 g/mol. The van der Waals surface area contributed by atoms with Crippen molar-refractivity contribution in [3.63, 3.8) is 0 Å². The second-order valence-electron chi connectivity index (χ2n) is 5.52. The van der Waals surface area contributed by atoms with Gasteiger partial charge in [-0.15, -0.1) is 0 Å². The Morgan fingerprint density at radius 1 is 1.13 bits per heavy atom. The molecule has 1 aliphatic rings. The summed E-state index contributed by atoms with van der Waals surface area (Å²) in [6, 6.07) is 14.4. The van der Waals surface area contributed by atoms with Crippen molar-refractivity contribution in [3.05, 3.63) is 77.1 Å². The van der Waals surface area contributed by atoms with Gasteiger partial charge < -0.3 is 5.32 Å². The summed E-state index contributed by atoms with van der Waals surface area (Å²) in [7, 11) is 0. The Morgan fingerprint density at radius 2 is 1.96 bits per heavy atom. The molecule has 23 heavy (non-hydrogen) atoms. The van der Waals surface area contributed by atoms with Crippen molar-refractivity contribution >= 4 is 11.6 Å². The molecule has 0 saturated carbocycles. The zero-order chi connectivity index (χ0) is 15.8. The third-order valence-corrected chi connectivity index (χ3v) is 3.88. The minimum absolute atomic E-state index is 0.256. The highest BCUT2D eigenvalue weighted by molar-refractivity contribution is 5.77. The lowest BCUT2D eigenvalue weighted by Gasteiger charge is -2.23. The molecule has 2 aromatic carbocycles. The van der Waals surface area contributed by atoms with E-state index in [1.54, 1.807) is 10.7 Å². The number of nitrogens with one attached hydrogen (secondary N) is 1. The summed E-state index contributed by atoms with van der Waals surface area (Å²) in [4.78, 5) is 0. The first-order valence-electron chi connectivity index (χ1n) is 7.30. The van der Waals surface area contributed by atoms with E-state index in [-0.39, 0.29) is 11.9 Å². The summed E-state index contributed by atoms with van der Waals surface area (Å²) < 4.78 is 15.2. The average Bonchev–Trinajstić information content (AvgIpc) is 3.03. The maximum atomic E-state index is 13.6. The van der Waals surface area contributed by atoms with Crippen LogP contribution in [-0.2, 0) is 0 Å². The Morgan fingerprint density at radius 3 is 2.74 bits per heavy atom. The van der Waals surface area contributed by atoms with Crippen molar-refractivity contribution in [2.75, 3.05) is 5.32 Å². The van der Waals surface area contributed by atoms with Gasteiger partial charge in [0.25, 0.3) is 0 Å². The van der Waals surface area contributed by atoms with E-state index in [1.165, 1.54) is 17.7 Å². The number of aromatic nitrogens is 4. The fourth-order valence-corrected chi connectivity index (χ4v) is 2.68. The van der Waals surface area contributed by atoms with Crippen molar-refractivity contribution in [3.8, 4) is 0 Å². The van der Waals surface area contributed by atoms with Gasteiger partial charge in [0.2, 0.25) is 5.95 Å². The second-order valence-corrected chi connectivity index (χ2v) is 5.52. The predicted octanol–water partition coefficient (Wildman–Crippen LogP) is 3.18. The molecule has 0 unspecified atom stereocenters. The lowest BCUT2D eigenvalue weighted by atomic mass is 10.0. The highest BCUT2D eigenvalue weighted by Gasteiger charge is 2.24. The number of aryl methyl sites for hydroxylation is 1. The molecular weight excluding hydrogens is 293 g/mol. The van der Waals surface area contributed by atoms with Crippen LogP contribution >= 0.6 is 0 Å². The first-order chi connectivity index (χ1) is 11.2. The van der Waals surface area contributed by atoms with Gasteiger partial charge in [-0.05, 0) is 46.7 Å². The van der Waals surface area contributed by atoms with Crippen molar-refractivity contribution in [2.45, 2.75) is 13.0 Å². The van der Waals surface area contributed by atoms with Gasteiger partial charge in [0.15, 0.2) is 0 Å². The van der Waals surface area contributed by atoms with Crippen LogP contribution in [0.3, 0.4) is 0 Å². The van der Waals surface area contributed by atoms with Crippen molar-refractivity contribution < 1.29 is 4.39 Å². The molecule has 2 heterocycles. The van der Waals surface area contributed by atoms with Crippen LogP contribution in [0.25, 0.3) is 5.70 Å². The van der Waals surface area contributed by atoms with Crippen LogP contribution in [0.5, 0.6) is 0 Å². The molecule has 0 bridgehead atoms. The Kier molecular flexibility index (Phi) is 3.15. The minimum atomic E-state index is -0.277. The van der Waals surface area contributed by atoms with Crippen LogP contribution in [0.1, 0.15) is 22.7 Å². The zero-order valence-corrected chi connectivity index (χ0v) is 12.4. The van der Waals surface area contributed by atoms with Crippen LogP contribution in [0, 0.1) is 12.7 Å². The van der Waals surface area contributed by atoms with E-state index in [1.807, 2.05) is 43.3 Å². The topological polar surface area (TPSA) is 55.6 Å². The molecule has 0 fully saturated rings. The van der Waals surface area contributed by atoms with Gasteiger partial charge in [0.05, 0.1) is 0 Å². The Bertz CT molecular complexity index is 882. The molecule has 6 heteroatoms. The highest BCUT2D eigenvalue weighted by Crippen LogP contribution is 2.31. The quantitative estimate of drug-likeness (QED) is 0.790. The standard InChI is InChI=1S/C17H14FN5/c1-11-5-7-12(8-6-11)15-10-16(13-3-2-4-14(18)9-13)23-17(19-15)20-21-22-23/h2-10,16H,1H3,(H,19,20,22)/t16-/m1/s1. The van der Waals surface area contributed by atoms with E-state index >= 15 is 0 Å².